The maximum atomic E-state index is 13.4. The molecule has 0 aromatic heterocycles. The summed E-state index contributed by atoms with van der Waals surface area (Å²) in [6.45, 7) is 7.62. The highest BCUT2D eigenvalue weighted by Crippen LogP contribution is 2.36. The number of ether oxygens (including phenoxy) is 1. The summed E-state index contributed by atoms with van der Waals surface area (Å²) in [6.07, 6.45) is -0.804. The average molecular weight is 455 g/mol. The number of carbonyl (C=O) groups is 2. The van der Waals surface area contributed by atoms with E-state index in [0.717, 1.165) is 24.5 Å². The smallest absolute Gasteiger partial charge is 0.416 e. The van der Waals surface area contributed by atoms with Crippen LogP contribution in [-0.4, -0.2) is 34.6 Å². The zero-order chi connectivity index (χ0) is 23.7. The first-order chi connectivity index (χ1) is 14.9. The van der Waals surface area contributed by atoms with Crippen molar-refractivity contribution in [2.75, 3.05) is 0 Å². The predicted octanol–water partition coefficient (Wildman–Crippen LogP) is 5.45. The summed E-state index contributed by atoms with van der Waals surface area (Å²) in [7, 11) is 0. The van der Waals surface area contributed by atoms with Gasteiger partial charge in [-0.3, -0.25) is 4.79 Å². The molecule has 0 saturated heterocycles. The molecular weight excluding hydrogens is 421 g/mol. The Hall–Kier alpha value is -2.25. The summed E-state index contributed by atoms with van der Waals surface area (Å²) in [5.74, 6) is -0.276. The molecule has 178 valence electrons. The van der Waals surface area contributed by atoms with Crippen LogP contribution in [0.15, 0.2) is 18.2 Å². The molecule has 1 aromatic carbocycles. The molecule has 1 N–H and O–H groups in total. The number of rotatable bonds is 4. The molecular formula is C24H33F3N2O3. The van der Waals surface area contributed by atoms with E-state index in [1.54, 1.807) is 31.7 Å². The number of fused-ring (bicyclic) bond motifs is 1. The number of benzene rings is 1. The van der Waals surface area contributed by atoms with Gasteiger partial charge in [-0.05, 0) is 76.1 Å². The Kier molecular flexibility index (Phi) is 7.10. The lowest BCUT2D eigenvalue weighted by atomic mass is 9.89. The SMILES string of the molecule is CCCC1Cc2ccc(C(F)(F)F)cc2CN1C(=O)[C@H]1CC[C@@H](NC(=O)OC(C)(C)C)C1. The lowest BCUT2D eigenvalue weighted by molar-refractivity contribution is -0.139. The van der Waals surface area contributed by atoms with E-state index in [4.69, 9.17) is 4.74 Å². The number of alkyl halides is 3. The molecule has 0 spiro atoms. The Labute approximate surface area is 187 Å². The normalized spacial score (nSPS) is 23.6. The van der Waals surface area contributed by atoms with Gasteiger partial charge >= 0.3 is 12.3 Å². The second-order valence-electron chi connectivity index (χ2n) is 9.95. The van der Waals surface area contributed by atoms with Crippen LogP contribution >= 0.6 is 0 Å². The van der Waals surface area contributed by atoms with Gasteiger partial charge in [0.1, 0.15) is 5.60 Å². The molecule has 2 amide bonds. The number of hydrogen-bond acceptors (Lipinski definition) is 3. The van der Waals surface area contributed by atoms with Crippen molar-refractivity contribution in [1.82, 2.24) is 10.2 Å². The third kappa shape index (κ3) is 5.95. The average Bonchev–Trinajstić information content (AvgIpc) is 3.12. The Morgan fingerprint density at radius 3 is 2.50 bits per heavy atom. The standard InChI is InChI=1S/C24H33F3N2O3/c1-5-6-20-13-15-7-9-18(24(25,26)27)11-17(15)14-29(20)21(30)16-8-10-19(12-16)28-22(31)32-23(2,3)4/h7,9,11,16,19-20H,5-6,8,10,12-14H2,1-4H3,(H,28,31)/t16-,19+,20?/m0/s1. The van der Waals surface area contributed by atoms with E-state index >= 15 is 0 Å². The fraction of sp³-hybridized carbons (Fsp3) is 0.667. The molecule has 5 nitrogen and oxygen atoms in total. The number of carbonyl (C=O) groups excluding carboxylic acids is 2. The monoisotopic (exact) mass is 454 g/mol. The van der Waals surface area contributed by atoms with E-state index in [1.165, 1.54) is 6.07 Å². The van der Waals surface area contributed by atoms with E-state index in [1.807, 2.05) is 6.92 Å². The fourth-order valence-electron chi connectivity index (χ4n) is 4.72. The number of hydrogen-bond donors (Lipinski definition) is 1. The maximum Gasteiger partial charge on any atom is 0.416 e. The van der Waals surface area contributed by atoms with Crippen LogP contribution in [0.3, 0.4) is 0 Å². The molecule has 1 saturated carbocycles. The van der Waals surface area contributed by atoms with Crippen LogP contribution in [0.4, 0.5) is 18.0 Å². The Morgan fingerprint density at radius 2 is 1.88 bits per heavy atom. The first kappa shape index (κ1) is 24.4. The van der Waals surface area contributed by atoms with Crippen molar-refractivity contribution < 1.29 is 27.5 Å². The van der Waals surface area contributed by atoms with Crippen molar-refractivity contribution in [3.05, 3.63) is 34.9 Å². The molecule has 32 heavy (non-hydrogen) atoms. The summed E-state index contributed by atoms with van der Waals surface area (Å²) in [6, 6.07) is 3.70. The first-order valence-corrected chi connectivity index (χ1v) is 11.4. The van der Waals surface area contributed by atoms with Crippen LogP contribution in [0.1, 0.15) is 76.5 Å². The molecule has 3 rings (SSSR count). The van der Waals surface area contributed by atoms with Gasteiger partial charge in [0.25, 0.3) is 0 Å². The maximum absolute atomic E-state index is 13.4. The molecule has 0 bridgehead atoms. The highest BCUT2D eigenvalue weighted by atomic mass is 19.4. The third-order valence-corrected chi connectivity index (χ3v) is 6.18. The van der Waals surface area contributed by atoms with Crippen molar-refractivity contribution in [2.45, 2.75) is 96.6 Å². The van der Waals surface area contributed by atoms with Gasteiger partial charge in [-0.15, -0.1) is 0 Å². The summed E-state index contributed by atoms with van der Waals surface area (Å²) >= 11 is 0. The third-order valence-electron chi connectivity index (χ3n) is 6.18. The number of amides is 2. The first-order valence-electron chi connectivity index (χ1n) is 11.4. The van der Waals surface area contributed by atoms with Gasteiger partial charge < -0.3 is 15.0 Å². The van der Waals surface area contributed by atoms with Crippen LogP contribution in [0.5, 0.6) is 0 Å². The second-order valence-corrected chi connectivity index (χ2v) is 9.95. The fourth-order valence-corrected chi connectivity index (χ4v) is 4.72. The second kappa shape index (κ2) is 9.32. The topological polar surface area (TPSA) is 58.6 Å². The molecule has 8 heteroatoms. The van der Waals surface area contributed by atoms with E-state index in [2.05, 4.69) is 5.32 Å². The Bertz CT molecular complexity index is 848. The summed E-state index contributed by atoms with van der Waals surface area (Å²) in [5.41, 5.74) is 0.181. The van der Waals surface area contributed by atoms with Crippen LogP contribution < -0.4 is 5.32 Å². The van der Waals surface area contributed by atoms with Gasteiger partial charge in [0, 0.05) is 24.5 Å². The van der Waals surface area contributed by atoms with Crippen LogP contribution in [0, 0.1) is 5.92 Å². The highest BCUT2D eigenvalue weighted by molar-refractivity contribution is 5.80. The van der Waals surface area contributed by atoms with Gasteiger partial charge in [0.2, 0.25) is 5.91 Å². The van der Waals surface area contributed by atoms with Gasteiger partial charge in [-0.25, -0.2) is 4.79 Å². The molecule has 1 aliphatic heterocycles. The van der Waals surface area contributed by atoms with Crippen LogP contribution in [0.25, 0.3) is 0 Å². The summed E-state index contributed by atoms with van der Waals surface area (Å²) in [5, 5.41) is 2.84. The van der Waals surface area contributed by atoms with Gasteiger partial charge in [0.15, 0.2) is 0 Å². The lowest BCUT2D eigenvalue weighted by Gasteiger charge is -2.39. The van der Waals surface area contributed by atoms with E-state index in [9.17, 15) is 22.8 Å². The Balaban J connectivity index is 1.70. The number of alkyl carbamates (subject to hydrolysis) is 1. The van der Waals surface area contributed by atoms with Crippen LogP contribution in [-0.2, 0) is 28.7 Å². The van der Waals surface area contributed by atoms with Crippen molar-refractivity contribution in [1.29, 1.82) is 0 Å². The molecule has 1 unspecified atom stereocenters. The minimum atomic E-state index is -4.41. The molecule has 3 atom stereocenters. The lowest BCUT2D eigenvalue weighted by Crippen LogP contribution is -2.47. The van der Waals surface area contributed by atoms with Crippen molar-refractivity contribution in [2.24, 2.45) is 5.92 Å². The van der Waals surface area contributed by atoms with Crippen LogP contribution in [0.2, 0.25) is 0 Å². The van der Waals surface area contributed by atoms with Gasteiger partial charge in [0.05, 0.1) is 5.56 Å². The zero-order valence-electron chi connectivity index (χ0n) is 19.2. The molecule has 1 fully saturated rings. The minimum absolute atomic E-state index is 0.0189. The van der Waals surface area contributed by atoms with Gasteiger partial charge in [-0.1, -0.05) is 19.4 Å². The minimum Gasteiger partial charge on any atom is -0.444 e. The van der Waals surface area contributed by atoms with Crippen molar-refractivity contribution >= 4 is 12.0 Å². The molecule has 1 aromatic rings. The highest BCUT2D eigenvalue weighted by Gasteiger charge is 2.39. The van der Waals surface area contributed by atoms with Gasteiger partial charge in [-0.2, -0.15) is 13.2 Å². The van der Waals surface area contributed by atoms with E-state index < -0.39 is 23.4 Å². The quantitative estimate of drug-likeness (QED) is 0.658. The van der Waals surface area contributed by atoms with Crippen molar-refractivity contribution in [3.8, 4) is 0 Å². The number of nitrogens with one attached hydrogen (secondary N) is 1. The number of halogens is 3. The summed E-state index contributed by atoms with van der Waals surface area (Å²) < 4.78 is 44.8. The molecule has 2 aliphatic rings. The van der Waals surface area contributed by atoms with E-state index in [-0.39, 0.29) is 30.5 Å². The predicted molar refractivity (Wildman–Crippen MR) is 115 cm³/mol. The number of nitrogens with zero attached hydrogens (tertiary/aromatic N) is 1. The Morgan fingerprint density at radius 1 is 1.16 bits per heavy atom. The zero-order valence-corrected chi connectivity index (χ0v) is 19.2. The largest absolute Gasteiger partial charge is 0.444 e. The van der Waals surface area contributed by atoms with Crippen molar-refractivity contribution in [3.63, 3.8) is 0 Å². The van der Waals surface area contributed by atoms with E-state index in [0.29, 0.717) is 31.2 Å². The summed E-state index contributed by atoms with van der Waals surface area (Å²) in [4.78, 5) is 27.2. The molecule has 1 heterocycles. The molecule has 1 aliphatic carbocycles. The molecule has 0 radical (unpaired) electrons.